The zero-order chi connectivity index (χ0) is 17.6. The fraction of sp³-hybridized carbons (Fsp3) is 0.100. The van der Waals surface area contributed by atoms with Gasteiger partial charge in [-0.15, -0.1) is 0 Å². The maximum Gasteiger partial charge on any atom is 0.260 e. The SMILES string of the molecule is C/C(=C/c1c[nH]c2ccccc12)C(=O)n1c(=S)[nH]c2ccc(C)cc21. The number of hydrogen-bond acceptors (Lipinski definition) is 2. The molecule has 0 fully saturated rings. The molecule has 2 aromatic heterocycles. The van der Waals surface area contributed by atoms with E-state index in [1.54, 1.807) is 4.57 Å². The van der Waals surface area contributed by atoms with Crippen molar-refractivity contribution in [2.24, 2.45) is 0 Å². The van der Waals surface area contributed by atoms with Crippen LogP contribution in [0.5, 0.6) is 0 Å². The van der Waals surface area contributed by atoms with E-state index in [1.165, 1.54) is 0 Å². The lowest BCUT2D eigenvalue weighted by Gasteiger charge is -2.04. The van der Waals surface area contributed by atoms with E-state index in [0.29, 0.717) is 10.3 Å². The van der Waals surface area contributed by atoms with Gasteiger partial charge in [0.05, 0.1) is 11.0 Å². The second-order valence-electron chi connectivity index (χ2n) is 6.21. The lowest BCUT2D eigenvalue weighted by molar-refractivity contribution is 0.0959. The molecule has 0 amide bonds. The molecule has 0 bridgehead atoms. The van der Waals surface area contributed by atoms with E-state index < -0.39 is 0 Å². The number of allylic oxidation sites excluding steroid dienone is 1. The van der Waals surface area contributed by atoms with Gasteiger partial charge in [0.1, 0.15) is 0 Å². The summed E-state index contributed by atoms with van der Waals surface area (Å²) in [5, 5.41) is 1.09. The summed E-state index contributed by atoms with van der Waals surface area (Å²) in [6.07, 6.45) is 3.82. The first-order valence-electron chi connectivity index (χ1n) is 8.05. The molecule has 5 heteroatoms. The number of hydrogen-bond donors (Lipinski definition) is 2. The number of aryl methyl sites for hydroxylation is 1. The van der Waals surface area contributed by atoms with Gasteiger partial charge in [-0.1, -0.05) is 24.3 Å². The van der Waals surface area contributed by atoms with Crippen LogP contribution in [0.4, 0.5) is 0 Å². The van der Waals surface area contributed by atoms with Crippen LogP contribution in [0.25, 0.3) is 28.0 Å². The standard InChI is InChI=1S/C20H17N3OS/c1-12-7-8-17-18(9-12)23(20(25)22-17)19(24)13(2)10-14-11-21-16-6-4-3-5-15(14)16/h3-11,21H,1-2H3,(H,22,25)/b13-10-. The van der Waals surface area contributed by atoms with Crippen LogP contribution in [-0.4, -0.2) is 20.4 Å². The van der Waals surface area contributed by atoms with Crippen LogP contribution < -0.4 is 0 Å². The number of H-pyrrole nitrogens is 2. The number of nitrogens with zero attached hydrogens (tertiary/aromatic N) is 1. The maximum absolute atomic E-state index is 13.0. The van der Waals surface area contributed by atoms with Crippen molar-refractivity contribution in [1.29, 1.82) is 0 Å². The molecule has 4 aromatic rings. The zero-order valence-electron chi connectivity index (χ0n) is 14.0. The van der Waals surface area contributed by atoms with Crippen molar-refractivity contribution in [3.8, 4) is 0 Å². The van der Waals surface area contributed by atoms with Gasteiger partial charge in [-0.05, 0) is 55.9 Å². The van der Waals surface area contributed by atoms with E-state index in [-0.39, 0.29) is 5.91 Å². The molecule has 0 saturated carbocycles. The second kappa shape index (κ2) is 5.86. The number of rotatable bonds is 2. The highest BCUT2D eigenvalue weighted by atomic mass is 32.1. The fourth-order valence-electron chi connectivity index (χ4n) is 3.10. The van der Waals surface area contributed by atoms with E-state index in [2.05, 4.69) is 9.97 Å². The lowest BCUT2D eigenvalue weighted by Crippen LogP contribution is -2.11. The van der Waals surface area contributed by atoms with Gasteiger partial charge >= 0.3 is 0 Å². The minimum atomic E-state index is -0.118. The average Bonchev–Trinajstić information content (AvgIpc) is 3.14. The lowest BCUT2D eigenvalue weighted by atomic mass is 10.1. The summed E-state index contributed by atoms with van der Waals surface area (Å²) in [4.78, 5) is 19.3. The predicted molar refractivity (Wildman–Crippen MR) is 104 cm³/mol. The average molecular weight is 347 g/mol. The van der Waals surface area contributed by atoms with Gasteiger partial charge in [0.25, 0.3) is 5.91 Å². The normalized spacial score (nSPS) is 12.2. The van der Waals surface area contributed by atoms with Crippen LogP contribution >= 0.6 is 12.2 Å². The summed E-state index contributed by atoms with van der Waals surface area (Å²) in [6, 6.07) is 13.9. The molecular weight excluding hydrogens is 330 g/mol. The Morgan fingerprint density at radius 1 is 1.16 bits per heavy atom. The Morgan fingerprint density at radius 3 is 2.80 bits per heavy atom. The Balaban J connectivity index is 1.82. The smallest absolute Gasteiger partial charge is 0.260 e. The number of imidazole rings is 1. The molecule has 0 radical (unpaired) electrons. The van der Waals surface area contributed by atoms with Crippen LogP contribution in [0.15, 0.2) is 54.2 Å². The Kier molecular flexibility index (Phi) is 3.66. The van der Waals surface area contributed by atoms with Crippen molar-refractivity contribution in [3.05, 3.63) is 70.1 Å². The number of nitrogens with one attached hydrogen (secondary N) is 2. The first-order valence-corrected chi connectivity index (χ1v) is 8.46. The van der Waals surface area contributed by atoms with Crippen molar-refractivity contribution in [2.75, 3.05) is 0 Å². The van der Waals surface area contributed by atoms with E-state index >= 15 is 0 Å². The van der Waals surface area contributed by atoms with E-state index in [4.69, 9.17) is 12.2 Å². The van der Waals surface area contributed by atoms with Gasteiger partial charge < -0.3 is 9.97 Å². The van der Waals surface area contributed by atoms with E-state index in [0.717, 1.165) is 33.1 Å². The minimum absolute atomic E-state index is 0.118. The second-order valence-corrected chi connectivity index (χ2v) is 6.59. The molecule has 0 spiro atoms. The molecular formula is C20H17N3OS. The number of carbonyl (C=O) groups is 1. The molecule has 0 aliphatic rings. The van der Waals surface area contributed by atoms with Gasteiger partial charge in [-0.25, -0.2) is 0 Å². The van der Waals surface area contributed by atoms with E-state index in [1.807, 2.05) is 68.6 Å². The number of fused-ring (bicyclic) bond motifs is 2. The fourth-order valence-corrected chi connectivity index (χ4v) is 3.39. The molecule has 2 N–H and O–H groups in total. The molecule has 0 aliphatic carbocycles. The summed E-state index contributed by atoms with van der Waals surface area (Å²) in [5.74, 6) is -0.118. The van der Waals surface area contributed by atoms with Gasteiger partial charge in [0.15, 0.2) is 4.77 Å². The number of para-hydroxylation sites is 1. The van der Waals surface area contributed by atoms with Crippen LogP contribution in [0.1, 0.15) is 22.8 Å². The molecule has 0 unspecified atom stereocenters. The maximum atomic E-state index is 13.0. The van der Waals surface area contributed by atoms with Crippen LogP contribution in [0.3, 0.4) is 0 Å². The Bertz CT molecular complexity index is 1210. The molecule has 2 aromatic carbocycles. The van der Waals surface area contributed by atoms with Crippen LogP contribution in [0.2, 0.25) is 0 Å². The largest absolute Gasteiger partial charge is 0.361 e. The highest BCUT2D eigenvalue weighted by Crippen LogP contribution is 2.22. The molecule has 0 saturated heterocycles. The van der Waals surface area contributed by atoms with Gasteiger partial charge in [0.2, 0.25) is 0 Å². The van der Waals surface area contributed by atoms with Crippen molar-refractivity contribution in [1.82, 2.24) is 14.5 Å². The number of aromatic amines is 2. The Hall–Kier alpha value is -2.92. The topological polar surface area (TPSA) is 53.6 Å². The molecule has 124 valence electrons. The predicted octanol–water partition coefficient (Wildman–Crippen LogP) is 5.23. The molecule has 25 heavy (non-hydrogen) atoms. The summed E-state index contributed by atoms with van der Waals surface area (Å²) < 4.78 is 1.98. The van der Waals surface area contributed by atoms with Crippen LogP contribution in [-0.2, 0) is 0 Å². The number of aromatic nitrogens is 3. The first-order chi connectivity index (χ1) is 12.0. The highest BCUT2D eigenvalue weighted by molar-refractivity contribution is 7.71. The molecule has 2 heterocycles. The molecule has 4 nitrogen and oxygen atoms in total. The Morgan fingerprint density at radius 2 is 1.96 bits per heavy atom. The third-order valence-electron chi connectivity index (χ3n) is 4.37. The highest BCUT2D eigenvalue weighted by Gasteiger charge is 2.14. The van der Waals surface area contributed by atoms with Crippen molar-refractivity contribution >= 4 is 46.1 Å². The zero-order valence-corrected chi connectivity index (χ0v) is 14.8. The Labute approximate surface area is 149 Å². The third kappa shape index (κ3) is 2.62. The summed E-state index contributed by atoms with van der Waals surface area (Å²) in [5.41, 5.74) is 5.42. The third-order valence-corrected chi connectivity index (χ3v) is 4.66. The first kappa shape index (κ1) is 15.6. The van der Waals surface area contributed by atoms with Crippen molar-refractivity contribution < 1.29 is 4.79 Å². The summed E-state index contributed by atoms with van der Waals surface area (Å²) in [6.45, 7) is 3.82. The minimum Gasteiger partial charge on any atom is -0.361 e. The van der Waals surface area contributed by atoms with Gasteiger partial charge in [-0.2, -0.15) is 0 Å². The van der Waals surface area contributed by atoms with E-state index in [9.17, 15) is 4.79 Å². The van der Waals surface area contributed by atoms with Crippen molar-refractivity contribution in [3.63, 3.8) is 0 Å². The molecule has 4 rings (SSSR count). The molecule has 0 atom stereocenters. The number of benzene rings is 2. The summed E-state index contributed by atoms with van der Waals surface area (Å²) in [7, 11) is 0. The molecule has 0 aliphatic heterocycles. The van der Waals surface area contributed by atoms with Gasteiger partial charge in [-0.3, -0.25) is 9.36 Å². The van der Waals surface area contributed by atoms with Crippen LogP contribution in [0, 0.1) is 11.7 Å². The summed E-state index contributed by atoms with van der Waals surface area (Å²) >= 11 is 5.37. The quantitative estimate of drug-likeness (QED) is 0.385. The monoisotopic (exact) mass is 347 g/mol. The van der Waals surface area contributed by atoms with Gasteiger partial charge in [0, 0.05) is 28.2 Å². The van der Waals surface area contributed by atoms with Crippen molar-refractivity contribution in [2.45, 2.75) is 13.8 Å². The number of carbonyl (C=O) groups excluding carboxylic acids is 1.